The summed E-state index contributed by atoms with van der Waals surface area (Å²) in [6.45, 7) is 8.35. The first-order valence-electron chi connectivity index (χ1n) is 9.07. The Balaban J connectivity index is 1.84. The molecule has 3 aromatic rings. The van der Waals surface area contributed by atoms with Crippen molar-refractivity contribution in [2.45, 2.75) is 12.5 Å². The predicted molar refractivity (Wildman–Crippen MR) is 113 cm³/mol. The number of hydrogen-bond acceptors (Lipinski definition) is 2. The van der Waals surface area contributed by atoms with Crippen LogP contribution in [-0.4, -0.2) is 17.3 Å². The van der Waals surface area contributed by atoms with E-state index in [4.69, 9.17) is 0 Å². The Kier molecular flexibility index (Phi) is 6.18. The number of hydrogen-bond donors (Lipinski definition) is 2. The lowest BCUT2D eigenvalue weighted by atomic mass is 9.95. The average molecular weight is 356 g/mol. The fourth-order valence-electron chi connectivity index (χ4n) is 3.21. The maximum absolute atomic E-state index is 13.3. The summed E-state index contributed by atoms with van der Waals surface area (Å²) in [5.41, 5.74) is 4.42. The normalized spacial score (nSPS) is 11.7. The van der Waals surface area contributed by atoms with E-state index >= 15 is 0 Å². The van der Waals surface area contributed by atoms with Crippen LogP contribution < -0.4 is 5.32 Å². The summed E-state index contributed by atoms with van der Waals surface area (Å²) in [7, 11) is 0. The number of carbonyl (C=O) groups is 1. The molecule has 0 amide bonds. The highest BCUT2D eigenvalue weighted by Crippen LogP contribution is 2.24. The second-order valence-electron chi connectivity index (χ2n) is 6.34. The van der Waals surface area contributed by atoms with Crippen molar-refractivity contribution in [3.63, 3.8) is 0 Å². The topological polar surface area (TPSA) is 44.9 Å². The summed E-state index contributed by atoms with van der Waals surface area (Å²) in [5.74, 6) is 0.0218. The van der Waals surface area contributed by atoms with Crippen LogP contribution in [0.15, 0.2) is 80.0 Å². The number of benzene rings is 2. The molecule has 2 N–H and O–H groups in total. The molecular weight excluding hydrogens is 332 g/mol. The van der Waals surface area contributed by atoms with E-state index < -0.39 is 6.04 Å². The minimum atomic E-state index is -0.415. The van der Waals surface area contributed by atoms with Gasteiger partial charge in [-0.3, -0.25) is 4.79 Å². The summed E-state index contributed by atoms with van der Waals surface area (Å²) in [4.78, 5) is 16.4. The van der Waals surface area contributed by atoms with Gasteiger partial charge in [0.15, 0.2) is 5.78 Å². The lowest BCUT2D eigenvalue weighted by Crippen LogP contribution is -2.30. The number of aromatic nitrogens is 1. The second kappa shape index (κ2) is 8.97. The van der Waals surface area contributed by atoms with Gasteiger partial charge in [-0.2, -0.15) is 0 Å². The zero-order valence-electron chi connectivity index (χ0n) is 15.3. The van der Waals surface area contributed by atoms with Gasteiger partial charge in [-0.15, -0.1) is 0 Å². The van der Waals surface area contributed by atoms with E-state index in [0.29, 0.717) is 12.1 Å². The lowest BCUT2D eigenvalue weighted by molar-refractivity contribution is 0.0943. The summed E-state index contributed by atoms with van der Waals surface area (Å²) in [5, 5.41) is 3.44. The molecule has 0 aliphatic carbocycles. The van der Waals surface area contributed by atoms with Crippen LogP contribution in [0.4, 0.5) is 0 Å². The molecule has 0 radical (unpaired) electrons. The van der Waals surface area contributed by atoms with Crippen molar-refractivity contribution in [2.24, 2.45) is 0 Å². The van der Waals surface area contributed by atoms with Gasteiger partial charge >= 0.3 is 0 Å². The molecule has 2 aromatic carbocycles. The van der Waals surface area contributed by atoms with Gasteiger partial charge in [0.2, 0.25) is 0 Å². The van der Waals surface area contributed by atoms with Gasteiger partial charge in [0.05, 0.1) is 6.04 Å². The van der Waals surface area contributed by atoms with Gasteiger partial charge in [0, 0.05) is 29.6 Å². The van der Waals surface area contributed by atoms with Crippen LogP contribution in [-0.2, 0) is 6.42 Å². The third-order valence-corrected chi connectivity index (χ3v) is 4.63. The predicted octanol–water partition coefficient (Wildman–Crippen LogP) is 5.06. The molecule has 0 aliphatic heterocycles. The van der Waals surface area contributed by atoms with Crippen molar-refractivity contribution in [1.29, 1.82) is 0 Å². The first kappa shape index (κ1) is 18.6. The SMILES string of the molecule is C=Cc1[nH]cc(C(=O)[C@H](NCCc2ccccc2)c2ccccc2)c1C=C. The fraction of sp³-hybridized carbons (Fsp3) is 0.125. The first-order valence-corrected chi connectivity index (χ1v) is 9.07. The Morgan fingerprint density at radius 1 is 1.00 bits per heavy atom. The number of ketones is 1. The van der Waals surface area contributed by atoms with Gasteiger partial charge < -0.3 is 10.3 Å². The molecule has 27 heavy (non-hydrogen) atoms. The van der Waals surface area contributed by atoms with Gasteiger partial charge in [0.1, 0.15) is 0 Å². The summed E-state index contributed by atoms with van der Waals surface area (Å²) in [6, 6.07) is 19.7. The molecule has 3 heteroatoms. The van der Waals surface area contributed by atoms with Crippen LogP contribution in [0, 0.1) is 0 Å². The van der Waals surface area contributed by atoms with E-state index in [-0.39, 0.29) is 5.78 Å². The van der Waals surface area contributed by atoms with Crippen LogP contribution in [0.1, 0.15) is 38.8 Å². The molecular formula is C24H24N2O. The van der Waals surface area contributed by atoms with E-state index in [9.17, 15) is 4.79 Å². The molecule has 3 nitrogen and oxygen atoms in total. The van der Waals surface area contributed by atoms with Crippen molar-refractivity contribution in [3.05, 3.63) is 108 Å². The number of Topliss-reactive ketones (excluding diaryl/α,β-unsaturated/α-hetero) is 1. The number of carbonyl (C=O) groups excluding carboxylic acids is 1. The zero-order chi connectivity index (χ0) is 19.1. The molecule has 3 rings (SSSR count). The highest BCUT2D eigenvalue weighted by molar-refractivity contribution is 6.04. The lowest BCUT2D eigenvalue weighted by Gasteiger charge is -2.18. The Bertz CT molecular complexity index is 910. The van der Waals surface area contributed by atoms with Gasteiger partial charge in [-0.1, -0.05) is 79.9 Å². The summed E-state index contributed by atoms with van der Waals surface area (Å²) < 4.78 is 0. The van der Waals surface area contributed by atoms with Crippen molar-refractivity contribution in [1.82, 2.24) is 10.3 Å². The Hall–Kier alpha value is -3.17. The average Bonchev–Trinajstić information content (AvgIpc) is 3.15. The summed E-state index contributed by atoms with van der Waals surface area (Å²) >= 11 is 0. The first-order chi connectivity index (χ1) is 13.2. The van der Waals surface area contributed by atoms with Crippen molar-refractivity contribution >= 4 is 17.9 Å². The molecule has 1 aromatic heterocycles. The molecule has 0 bridgehead atoms. The van der Waals surface area contributed by atoms with Crippen LogP contribution in [0.5, 0.6) is 0 Å². The molecule has 0 spiro atoms. The highest BCUT2D eigenvalue weighted by atomic mass is 16.1. The minimum Gasteiger partial charge on any atom is -0.360 e. The van der Waals surface area contributed by atoms with Crippen molar-refractivity contribution in [3.8, 4) is 0 Å². The Morgan fingerprint density at radius 3 is 2.30 bits per heavy atom. The van der Waals surface area contributed by atoms with E-state index in [0.717, 1.165) is 23.2 Å². The quantitative estimate of drug-likeness (QED) is 0.527. The van der Waals surface area contributed by atoms with Gasteiger partial charge in [-0.25, -0.2) is 0 Å². The largest absolute Gasteiger partial charge is 0.360 e. The van der Waals surface area contributed by atoms with Gasteiger partial charge in [-0.05, 0) is 23.6 Å². The van der Waals surface area contributed by atoms with Crippen LogP contribution in [0.3, 0.4) is 0 Å². The second-order valence-corrected chi connectivity index (χ2v) is 6.34. The van der Waals surface area contributed by atoms with Crippen LogP contribution >= 0.6 is 0 Å². The number of rotatable bonds is 9. The number of H-pyrrole nitrogens is 1. The molecule has 1 heterocycles. The standard InChI is InChI=1S/C24H24N2O/c1-3-20-21(17-26-22(20)4-2)24(27)23(19-13-9-6-10-14-19)25-16-15-18-11-7-5-8-12-18/h3-14,17,23,25-26H,1-2,15-16H2/t23-/m1/s1. The van der Waals surface area contributed by atoms with Crippen LogP contribution in [0.2, 0.25) is 0 Å². The Labute approximate surface area is 160 Å². The Morgan fingerprint density at radius 2 is 1.67 bits per heavy atom. The van der Waals surface area contributed by atoms with E-state index in [1.54, 1.807) is 18.3 Å². The molecule has 0 saturated carbocycles. The number of nitrogens with one attached hydrogen (secondary N) is 2. The van der Waals surface area contributed by atoms with Crippen LogP contribution in [0.25, 0.3) is 12.2 Å². The molecule has 1 atom stereocenters. The molecule has 0 aliphatic rings. The minimum absolute atomic E-state index is 0.0218. The molecule has 0 unspecified atom stereocenters. The third kappa shape index (κ3) is 4.33. The van der Waals surface area contributed by atoms with Crippen molar-refractivity contribution in [2.75, 3.05) is 6.54 Å². The maximum Gasteiger partial charge on any atom is 0.186 e. The van der Waals surface area contributed by atoms with E-state index in [1.165, 1.54) is 5.56 Å². The fourth-order valence-corrected chi connectivity index (χ4v) is 3.21. The van der Waals surface area contributed by atoms with Crippen molar-refractivity contribution < 1.29 is 4.79 Å². The number of aromatic amines is 1. The monoisotopic (exact) mass is 356 g/mol. The molecule has 0 saturated heterocycles. The maximum atomic E-state index is 13.3. The summed E-state index contributed by atoms with van der Waals surface area (Å²) in [6.07, 6.45) is 6.00. The van der Waals surface area contributed by atoms with E-state index in [1.807, 2.05) is 48.5 Å². The highest BCUT2D eigenvalue weighted by Gasteiger charge is 2.24. The zero-order valence-corrected chi connectivity index (χ0v) is 15.3. The molecule has 136 valence electrons. The third-order valence-electron chi connectivity index (χ3n) is 4.63. The molecule has 0 fully saturated rings. The van der Waals surface area contributed by atoms with Gasteiger partial charge in [0.25, 0.3) is 0 Å². The van der Waals surface area contributed by atoms with E-state index in [2.05, 4.69) is 35.6 Å². The smallest absolute Gasteiger partial charge is 0.186 e.